The van der Waals surface area contributed by atoms with Crippen LogP contribution in [-0.2, 0) is 6.42 Å². The zero-order chi connectivity index (χ0) is 14.8. The maximum Gasteiger partial charge on any atom is 0.167 e. The van der Waals surface area contributed by atoms with Gasteiger partial charge in [0, 0.05) is 33.1 Å². The van der Waals surface area contributed by atoms with Crippen molar-refractivity contribution in [3.63, 3.8) is 0 Å². The fourth-order valence-corrected chi connectivity index (χ4v) is 2.93. The van der Waals surface area contributed by atoms with Gasteiger partial charge in [-0.3, -0.25) is 9.78 Å². The molecule has 3 rings (SSSR count). The maximum absolute atomic E-state index is 12.4. The lowest BCUT2D eigenvalue weighted by Crippen LogP contribution is -2.04. The normalized spacial score (nSPS) is 10.8. The molecule has 0 radical (unpaired) electrons. The summed E-state index contributed by atoms with van der Waals surface area (Å²) >= 11 is 9.52. The van der Waals surface area contributed by atoms with Crippen LogP contribution < -0.4 is 0 Å². The lowest BCUT2D eigenvalue weighted by atomic mass is 10.0. The molecule has 104 valence electrons. The highest BCUT2D eigenvalue weighted by molar-refractivity contribution is 9.10. The van der Waals surface area contributed by atoms with Gasteiger partial charge in [0.25, 0.3) is 0 Å². The number of ketones is 1. The van der Waals surface area contributed by atoms with Crippen molar-refractivity contribution in [2.75, 3.05) is 0 Å². The molecule has 1 heterocycles. The van der Waals surface area contributed by atoms with Gasteiger partial charge in [-0.15, -0.1) is 0 Å². The molecule has 0 aliphatic rings. The van der Waals surface area contributed by atoms with E-state index in [-0.39, 0.29) is 12.2 Å². The smallest absolute Gasteiger partial charge is 0.167 e. The number of nitrogens with zero attached hydrogens (tertiary/aromatic N) is 1. The summed E-state index contributed by atoms with van der Waals surface area (Å²) in [5.41, 5.74) is 2.39. The number of aromatic nitrogens is 1. The molecule has 0 fully saturated rings. The standard InChI is InChI=1S/C17H11BrClNO/c18-14-5-3-11(15(19)10-14)9-17(21)13-4-6-16-12(8-13)2-1-7-20-16/h1-8,10H,9H2. The van der Waals surface area contributed by atoms with Gasteiger partial charge in [-0.1, -0.05) is 39.7 Å². The third-order valence-corrected chi connectivity index (χ3v) is 4.14. The number of Topliss-reactive ketones (excluding diaryl/α,β-unsaturated/α-hetero) is 1. The Bertz CT molecular complexity index is 832. The number of carbonyl (C=O) groups excluding carboxylic acids is 1. The molecule has 2 aromatic carbocycles. The number of fused-ring (bicyclic) bond motifs is 1. The Kier molecular flexibility index (Phi) is 4.04. The van der Waals surface area contributed by atoms with Gasteiger partial charge < -0.3 is 0 Å². The summed E-state index contributed by atoms with van der Waals surface area (Å²) < 4.78 is 0.903. The number of benzene rings is 2. The average molecular weight is 361 g/mol. The van der Waals surface area contributed by atoms with Crippen molar-refractivity contribution in [1.82, 2.24) is 4.98 Å². The maximum atomic E-state index is 12.4. The van der Waals surface area contributed by atoms with Gasteiger partial charge in [0.1, 0.15) is 0 Å². The van der Waals surface area contributed by atoms with E-state index in [0.29, 0.717) is 10.6 Å². The Morgan fingerprint density at radius 3 is 2.81 bits per heavy atom. The van der Waals surface area contributed by atoms with Crippen LogP contribution in [0.3, 0.4) is 0 Å². The van der Waals surface area contributed by atoms with Gasteiger partial charge in [0.2, 0.25) is 0 Å². The molecule has 1 aromatic heterocycles. The molecule has 0 aliphatic heterocycles. The predicted octanol–water partition coefficient (Wildman–Crippen LogP) is 5.08. The summed E-state index contributed by atoms with van der Waals surface area (Å²) in [6, 6.07) is 14.9. The van der Waals surface area contributed by atoms with Crippen molar-refractivity contribution in [2.45, 2.75) is 6.42 Å². The number of hydrogen-bond donors (Lipinski definition) is 0. The van der Waals surface area contributed by atoms with Crippen LogP contribution in [0.25, 0.3) is 10.9 Å². The van der Waals surface area contributed by atoms with E-state index < -0.39 is 0 Å². The van der Waals surface area contributed by atoms with Crippen LogP contribution in [0.2, 0.25) is 5.02 Å². The molecule has 0 saturated heterocycles. The summed E-state index contributed by atoms with van der Waals surface area (Å²) in [5, 5.41) is 1.56. The molecule has 0 N–H and O–H groups in total. The highest BCUT2D eigenvalue weighted by Gasteiger charge is 2.10. The molecule has 0 bridgehead atoms. The minimum absolute atomic E-state index is 0.0463. The Morgan fingerprint density at radius 1 is 1.14 bits per heavy atom. The highest BCUT2D eigenvalue weighted by Crippen LogP contribution is 2.23. The second-order valence-corrected chi connectivity index (χ2v) is 6.07. The van der Waals surface area contributed by atoms with Crippen LogP contribution in [0.1, 0.15) is 15.9 Å². The van der Waals surface area contributed by atoms with Crippen molar-refractivity contribution in [1.29, 1.82) is 0 Å². The molecular weight excluding hydrogens is 350 g/mol. The van der Waals surface area contributed by atoms with E-state index in [1.54, 1.807) is 12.3 Å². The van der Waals surface area contributed by atoms with E-state index in [2.05, 4.69) is 20.9 Å². The Balaban J connectivity index is 1.89. The number of carbonyl (C=O) groups is 1. The first-order valence-corrected chi connectivity index (χ1v) is 7.62. The highest BCUT2D eigenvalue weighted by atomic mass is 79.9. The van der Waals surface area contributed by atoms with Gasteiger partial charge in [-0.25, -0.2) is 0 Å². The van der Waals surface area contributed by atoms with E-state index >= 15 is 0 Å². The summed E-state index contributed by atoms with van der Waals surface area (Å²) in [7, 11) is 0. The topological polar surface area (TPSA) is 30.0 Å². The Labute approximate surface area is 135 Å². The second-order valence-electron chi connectivity index (χ2n) is 4.75. The van der Waals surface area contributed by atoms with Gasteiger partial charge in [-0.05, 0) is 42.0 Å². The van der Waals surface area contributed by atoms with Crippen molar-refractivity contribution < 1.29 is 4.79 Å². The molecule has 21 heavy (non-hydrogen) atoms. The van der Waals surface area contributed by atoms with Crippen LogP contribution in [0, 0.1) is 0 Å². The Morgan fingerprint density at radius 2 is 2.00 bits per heavy atom. The molecule has 0 atom stereocenters. The molecule has 0 saturated carbocycles. The minimum Gasteiger partial charge on any atom is -0.294 e. The quantitative estimate of drug-likeness (QED) is 0.610. The summed E-state index contributed by atoms with van der Waals surface area (Å²) in [5.74, 6) is 0.0463. The zero-order valence-corrected chi connectivity index (χ0v) is 13.4. The summed E-state index contributed by atoms with van der Waals surface area (Å²) in [6.45, 7) is 0. The van der Waals surface area contributed by atoms with Crippen molar-refractivity contribution >= 4 is 44.2 Å². The minimum atomic E-state index is 0.0463. The van der Waals surface area contributed by atoms with E-state index in [1.165, 1.54) is 0 Å². The van der Waals surface area contributed by atoms with Gasteiger partial charge >= 0.3 is 0 Å². The van der Waals surface area contributed by atoms with Crippen molar-refractivity contribution in [3.8, 4) is 0 Å². The third kappa shape index (κ3) is 3.14. The number of rotatable bonds is 3. The van der Waals surface area contributed by atoms with Gasteiger partial charge in [-0.2, -0.15) is 0 Å². The van der Waals surface area contributed by atoms with Crippen LogP contribution in [0.4, 0.5) is 0 Å². The van der Waals surface area contributed by atoms with Crippen molar-refractivity contribution in [3.05, 3.63) is 75.4 Å². The molecule has 0 aliphatic carbocycles. The molecule has 3 aromatic rings. The number of hydrogen-bond acceptors (Lipinski definition) is 2. The fourth-order valence-electron chi connectivity index (χ4n) is 2.19. The summed E-state index contributed by atoms with van der Waals surface area (Å²) in [6.07, 6.45) is 2.03. The molecule has 4 heteroatoms. The largest absolute Gasteiger partial charge is 0.294 e. The number of pyridine rings is 1. The fraction of sp³-hybridized carbons (Fsp3) is 0.0588. The van der Waals surface area contributed by atoms with Gasteiger partial charge in [0.15, 0.2) is 5.78 Å². The zero-order valence-electron chi connectivity index (χ0n) is 11.0. The number of halogens is 2. The van der Waals surface area contributed by atoms with E-state index in [0.717, 1.165) is 20.9 Å². The molecule has 0 amide bonds. The lowest BCUT2D eigenvalue weighted by molar-refractivity contribution is 0.0993. The SMILES string of the molecule is O=C(Cc1ccc(Br)cc1Cl)c1ccc2ncccc2c1. The van der Waals surface area contributed by atoms with E-state index in [4.69, 9.17) is 11.6 Å². The first-order chi connectivity index (χ1) is 10.1. The predicted molar refractivity (Wildman–Crippen MR) is 88.9 cm³/mol. The molecule has 0 unspecified atom stereocenters. The second kappa shape index (κ2) is 5.96. The van der Waals surface area contributed by atoms with Crippen LogP contribution >= 0.6 is 27.5 Å². The van der Waals surface area contributed by atoms with E-state index in [9.17, 15) is 4.79 Å². The monoisotopic (exact) mass is 359 g/mol. The van der Waals surface area contributed by atoms with Gasteiger partial charge in [0.05, 0.1) is 5.52 Å². The lowest BCUT2D eigenvalue weighted by Gasteiger charge is -2.05. The van der Waals surface area contributed by atoms with Crippen LogP contribution in [0.5, 0.6) is 0 Å². The van der Waals surface area contributed by atoms with E-state index in [1.807, 2.05) is 42.5 Å². The van der Waals surface area contributed by atoms with Crippen molar-refractivity contribution in [2.24, 2.45) is 0 Å². The first kappa shape index (κ1) is 14.2. The first-order valence-electron chi connectivity index (χ1n) is 6.45. The third-order valence-electron chi connectivity index (χ3n) is 3.29. The molecular formula is C17H11BrClNO. The van der Waals surface area contributed by atoms with Crippen LogP contribution in [0.15, 0.2) is 59.2 Å². The Hall–Kier alpha value is -1.71. The average Bonchev–Trinajstić information content (AvgIpc) is 2.49. The molecule has 0 spiro atoms. The summed E-state index contributed by atoms with van der Waals surface area (Å²) in [4.78, 5) is 16.7. The molecule has 2 nitrogen and oxygen atoms in total. The van der Waals surface area contributed by atoms with Crippen LogP contribution in [-0.4, -0.2) is 10.8 Å².